The molecule has 0 saturated carbocycles. The Kier molecular flexibility index (Phi) is 5.17. The molecule has 2 aromatic rings. The fourth-order valence-corrected chi connectivity index (χ4v) is 2.28. The number of benzene rings is 2. The third-order valence-corrected chi connectivity index (χ3v) is 3.31. The van der Waals surface area contributed by atoms with Gasteiger partial charge in [-0.1, -0.05) is 36.4 Å². The molecule has 4 nitrogen and oxygen atoms in total. The molecule has 0 radical (unpaired) electrons. The zero-order valence-electron chi connectivity index (χ0n) is 12.4. The van der Waals surface area contributed by atoms with Crippen LogP contribution in [0.4, 0.5) is 0 Å². The van der Waals surface area contributed by atoms with E-state index in [1.165, 1.54) is 0 Å². The molecule has 2 rings (SSSR count). The first-order valence-electron chi connectivity index (χ1n) is 7.22. The summed E-state index contributed by atoms with van der Waals surface area (Å²) in [6, 6.07) is 11.7. The number of nitrogens with one attached hydrogen (secondary N) is 1. The average Bonchev–Trinajstić information content (AvgIpc) is 2.47. The van der Waals surface area contributed by atoms with E-state index < -0.39 is 6.10 Å². The van der Waals surface area contributed by atoms with Crippen LogP contribution < -0.4 is 10.1 Å². The van der Waals surface area contributed by atoms with Crippen molar-refractivity contribution >= 4 is 16.7 Å². The van der Waals surface area contributed by atoms with Gasteiger partial charge in [-0.15, -0.1) is 0 Å². The summed E-state index contributed by atoms with van der Waals surface area (Å²) in [6.07, 6.45) is -0.315. The molecule has 1 unspecified atom stereocenters. The molecular formula is C17H21NO3. The van der Waals surface area contributed by atoms with Crippen LogP contribution in [0.1, 0.15) is 31.9 Å². The summed E-state index contributed by atoms with van der Waals surface area (Å²) in [5.74, 6) is 0.628. The van der Waals surface area contributed by atoms with Gasteiger partial charge >= 0.3 is 0 Å². The Morgan fingerprint density at radius 2 is 2.05 bits per heavy atom. The van der Waals surface area contributed by atoms with E-state index in [0.717, 1.165) is 16.3 Å². The number of fused-ring (bicyclic) bond motifs is 1. The van der Waals surface area contributed by atoms with Crippen LogP contribution in [0.2, 0.25) is 0 Å². The zero-order valence-corrected chi connectivity index (χ0v) is 12.4. The summed E-state index contributed by atoms with van der Waals surface area (Å²) in [5.41, 5.74) is 0.740. The number of aliphatic hydroxyl groups is 1. The Labute approximate surface area is 124 Å². The fourth-order valence-electron chi connectivity index (χ4n) is 2.28. The second kappa shape index (κ2) is 7.09. The Morgan fingerprint density at radius 1 is 1.29 bits per heavy atom. The van der Waals surface area contributed by atoms with E-state index in [4.69, 9.17) is 4.74 Å². The van der Waals surface area contributed by atoms with Crippen LogP contribution in [0.25, 0.3) is 10.8 Å². The first kappa shape index (κ1) is 15.3. The maximum atomic E-state index is 11.5. The molecule has 112 valence electrons. The highest BCUT2D eigenvalue weighted by Crippen LogP contribution is 2.33. The van der Waals surface area contributed by atoms with Gasteiger partial charge in [0.15, 0.2) is 0 Å². The molecule has 2 aromatic carbocycles. The van der Waals surface area contributed by atoms with Crippen LogP contribution in [0.15, 0.2) is 36.4 Å². The van der Waals surface area contributed by atoms with Crippen LogP contribution in [-0.2, 0) is 4.79 Å². The lowest BCUT2D eigenvalue weighted by molar-refractivity contribution is -0.121. The van der Waals surface area contributed by atoms with Gasteiger partial charge in [0.05, 0.1) is 19.1 Å². The highest BCUT2D eigenvalue weighted by atomic mass is 16.5. The van der Waals surface area contributed by atoms with Gasteiger partial charge in [0.1, 0.15) is 5.75 Å². The molecule has 0 bridgehead atoms. The summed E-state index contributed by atoms with van der Waals surface area (Å²) >= 11 is 0. The van der Waals surface area contributed by atoms with E-state index >= 15 is 0 Å². The number of carbonyl (C=O) groups is 1. The van der Waals surface area contributed by atoms with Crippen molar-refractivity contribution in [2.45, 2.75) is 26.4 Å². The van der Waals surface area contributed by atoms with Crippen molar-refractivity contribution in [1.82, 2.24) is 5.32 Å². The summed E-state index contributed by atoms with van der Waals surface area (Å²) in [4.78, 5) is 11.5. The van der Waals surface area contributed by atoms with Crippen molar-refractivity contribution in [3.63, 3.8) is 0 Å². The molecule has 0 aliphatic carbocycles. The Balaban J connectivity index is 2.23. The monoisotopic (exact) mass is 287 g/mol. The van der Waals surface area contributed by atoms with Gasteiger partial charge in [-0.25, -0.2) is 0 Å². The molecule has 0 aliphatic rings. The lowest BCUT2D eigenvalue weighted by Gasteiger charge is -2.16. The topological polar surface area (TPSA) is 58.6 Å². The minimum absolute atomic E-state index is 0.0312. The first-order valence-corrected chi connectivity index (χ1v) is 7.22. The van der Waals surface area contributed by atoms with E-state index in [2.05, 4.69) is 5.32 Å². The molecule has 0 fully saturated rings. The van der Waals surface area contributed by atoms with Crippen LogP contribution >= 0.6 is 0 Å². The molecule has 21 heavy (non-hydrogen) atoms. The van der Waals surface area contributed by atoms with E-state index in [-0.39, 0.29) is 5.91 Å². The summed E-state index contributed by atoms with van der Waals surface area (Å²) in [7, 11) is 0. The average molecular weight is 287 g/mol. The highest BCUT2D eigenvalue weighted by Gasteiger charge is 2.13. The minimum atomic E-state index is -0.617. The van der Waals surface area contributed by atoms with E-state index in [1.54, 1.807) is 6.92 Å². The number of hydrogen-bond donors (Lipinski definition) is 2. The van der Waals surface area contributed by atoms with Gasteiger partial charge in [-0.05, 0) is 19.2 Å². The highest BCUT2D eigenvalue weighted by molar-refractivity contribution is 5.89. The van der Waals surface area contributed by atoms with Gasteiger partial charge in [-0.3, -0.25) is 4.79 Å². The van der Waals surface area contributed by atoms with Gasteiger partial charge in [0.2, 0.25) is 5.91 Å². The molecule has 0 spiro atoms. The number of hydrogen-bond acceptors (Lipinski definition) is 3. The Bertz CT molecular complexity index is 622. The number of carbonyl (C=O) groups excluding carboxylic acids is 1. The first-order chi connectivity index (χ1) is 10.1. The zero-order chi connectivity index (χ0) is 15.2. The number of rotatable bonds is 6. The largest absolute Gasteiger partial charge is 0.492 e. The van der Waals surface area contributed by atoms with Gasteiger partial charge in [-0.2, -0.15) is 0 Å². The third kappa shape index (κ3) is 3.73. The Morgan fingerprint density at radius 3 is 2.76 bits per heavy atom. The minimum Gasteiger partial charge on any atom is -0.492 e. The smallest absolute Gasteiger partial charge is 0.223 e. The van der Waals surface area contributed by atoms with Gasteiger partial charge in [0, 0.05) is 17.5 Å². The molecule has 0 saturated heterocycles. The molecular weight excluding hydrogens is 266 g/mol. The molecule has 1 amide bonds. The predicted octanol–water partition coefficient (Wildman–Crippen LogP) is 2.80. The molecule has 0 aliphatic heterocycles. The second-order valence-corrected chi connectivity index (χ2v) is 4.93. The predicted molar refractivity (Wildman–Crippen MR) is 83.4 cm³/mol. The molecule has 1 atom stereocenters. The Hall–Kier alpha value is -2.07. The fraction of sp³-hybridized carbons (Fsp3) is 0.353. The van der Waals surface area contributed by atoms with E-state index in [1.807, 2.05) is 43.3 Å². The summed E-state index contributed by atoms with van der Waals surface area (Å²) < 4.78 is 5.81. The third-order valence-electron chi connectivity index (χ3n) is 3.31. The molecule has 2 N–H and O–H groups in total. The maximum absolute atomic E-state index is 11.5. The number of aliphatic hydroxyl groups excluding tert-OH is 1. The molecule has 0 aromatic heterocycles. The van der Waals surface area contributed by atoms with Crippen molar-refractivity contribution in [2.24, 2.45) is 0 Å². The van der Waals surface area contributed by atoms with Crippen LogP contribution in [0, 0.1) is 0 Å². The van der Waals surface area contributed by atoms with Crippen molar-refractivity contribution in [3.05, 3.63) is 42.0 Å². The van der Waals surface area contributed by atoms with Crippen LogP contribution in [0.5, 0.6) is 5.75 Å². The molecule has 4 heteroatoms. The summed E-state index contributed by atoms with van der Waals surface area (Å²) in [5, 5.41) is 14.6. The van der Waals surface area contributed by atoms with Crippen LogP contribution in [0.3, 0.4) is 0 Å². The standard InChI is InChI=1S/C17H21NO3/c1-3-18-16(20)10-11-21-17-14(12(2)19)9-8-13-6-4-5-7-15(13)17/h4-9,12,19H,3,10-11H2,1-2H3,(H,18,20). The lowest BCUT2D eigenvalue weighted by Crippen LogP contribution is -2.24. The van der Waals surface area contributed by atoms with Crippen molar-refractivity contribution in [2.75, 3.05) is 13.2 Å². The maximum Gasteiger partial charge on any atom is 0.223 e. The number of amides is 1. The van der Waals surface area contributed by atoms with Crippen molar-refractivity contribution in [3.8, 4) is 5.75 Å². The normalized spacial score (nSPS) is 12.1. The van der Waals surface area contributed by atoms with Gasteiger partial charge < -0.3 is 15.2 Å². The van der Waals surface area contributed by atoms with E-state index in [9.17, 15) is 9.90 Å². The summed E-state index contributed by atoms with van der Waals surface area (Å²) in [6.45, 7) is 4.50. The van der Waals surface area contributed by atoms with Crippen molar-refractivity contribution < 1.29 is 14.6 Å². The van der Waals surface area contributed by atoms with Crippen molar-refractivity contribution in [1.29, 1.82) is 0 Å². The second-order valence-electron chi connectivity index (χ2n) is 4.93. The SMILES string of the molecule is CCNC(=O)CCOc1c(C(C)O)ccc2ccccc12. The number of ether oxygens (including phenoxy) is 1. The quantitative estimate of drug-likeness (QED) is 0.859. The lowest BCUT2D eigenvalue weighted by atomic mass is 10.0. The van der Waals surface area contributed by atoms with Gasteiger partial charge in [0.25, 0.3) is 0 Å². The van der Waals surface area contributed by atoms with Crippen LogP contribution in [-0.4, -0.2) is 24.2 Å². The van der Waals surface area contributed by atoms with E-state index in [0.29, 0.717) is 25.3 Å². The molecule has 0 heterocycles.